The van der Waals surface area contributed by atoms with E-state index in [1.54, 1.807) is 0 Å². The first kappa shape index (κ1) is 11.5. The molecule has 2 aromatic rings. The number of aromatic nitrogens is 1. The fourth-order valence-electron chi connectivity index (χ4n) is 2.71. The average molecular weight is 241 g/mol. The minimum Gasteiger partial charge on any atom is -0.367 e. The number of nitrogens with one attached hydrogen (secondary N) is 1. The van der Waals surface area contributed by atoms with Crippen LogP contribution < -0.4 is 11.1 Å². The second-order valence-corrected chi connectivity index (χ2v) is 5.16. The molecule has 1 aromatic carbocycles. The third kappa shape index (κ3) is 2.46. The van der Waals surface area contributed by atoms with Gasteiger partial charge in [-0.25, -0.2) is 4.98 Å². The van der Waals surface area contributed by atoms with Crippen molar-refractivity contribution < 1.29 is 0 Å². The topological polar surface area (TPSA) is 50.9 Å². The van der Waals surface area contributed by atoms with E-state index in [0.29, 0.717) is 12.1 Å². The summed E-state index contributed by atoms with van der Waals surface area (Å²) < 4.78 is 0. The number of nitrogens with zero attached hydrogens (tertiary/aromatic N) is 1. The Kier molecular flexibility index (Phi) is 3.15. The predicted octanol–water partition coefficient (Wildman–Crippen LogP) is 2.92. The van der Waals surface area contributed by atoms with E-state index in [9.17, 15) is 0 Å². The Morgan fingerprint density at radius 1 is 1.11 bits per heavy atom. The van der Waals surface area contributed by atoms with Crippen molar-refractivity contribution in [3.8, 4) is 0 Å². The number of nitrogens with two attached hydrogens (primary N) is 1. The standard InChI is InChI=1S/C15H19N3/c16-12-5-3-6-13(10-12)17-15-9-8-11-4-1-2-7-14(11)18-15/h1-2,4,7-9,12-13H,3,5-6,10,16H2,(H,17,18). The van der Waals surface area contributed by atoms with Crippen LogP contribution in [0, 0.1) is 0 Å². The smallest absolute Gasteiger partial charge is 0.126 e. The molecule has 94 valence electrons. The molecule has 0 spiro atoms. The Morgan fingerprint density at radius 2 is 2.00 bits per heavy atom. The van der Waals surface area contributed by atoms with E-state index in [4.69, 9.17) is 5.73 Å². The van der Waals surface area contributed by atoms with Gasteiger partial charge < -0.3 is 11.1 Å². The molecule has 1 aliphatic carbocycles. The second-order valence-electron chi connectivity index (χ2n) is 5.16. The number of anilines is 1. The van der Waals surface area contributed by atoms with Crippen LogP contribution in [-0.2, 0) is 0 Å². The lowest BCUT2D eigenvalue weighted by atomic mass is 9.92. The molecule has 3 heteroatoms. The number of para-hydroxylation sites is 1. The average Bonchev–Trinajstić information content (AvgIpc) is 2.39. The van der Waals surface area contributed by atoms with Crippen LogP contribution in [0.2, 0.25) is 0 Å². The highest BCUT2D eigenvalue weighted by atomic mass is 15.0. The molecule has 0 radical (unpaired) electrons. The molecule has 3 N–H and O–H groups in total. The molecule has 3 nitrogen and oxygen atoms in total. The zero-order valence-electron chi connectivity index (χ0n) is 10.5. The van der Waals surface area contributed by atoms with Crippen LogP contribution in [0.1, 0.15) is 25.7 Å². The summed E-state index contributed by atoms with van der Waals surface area (Å²) in [5.41, 5.74) is 7.05. The minimum atomic E-state index is 0.344. The Morgan fingerprint density at radius 3 is 2.89 bits per heavy atom. The largest absolute Gasteiger partial charge is 0.367 e. The Hall–Kier alpha value is -1.61. The highest BCUT2D eigenvalue weighted by Crippen LogP contribution is 2.21. The lowest BCUT2D eigenvalue weighted by Gasteiger charge is -2.27. The van der Waals surface area contributed by atoms with Gasteiger partial charge in [0.05, 0.1) is 5.52 Å². The second kappa shape index (κ2) is 4.94. The fraction of sp³-hybridized carbons (Fsp3) is 0.400. The first-order valence-corrected chi connectivity index (χ1v) is 6.69. The number of hydrogen-bond acceptors (Lipinski definition) is 3. The molecule has 0 saturated heterocycles. The van der Waals surface area contributed by atoms with Gasteiger partial charge in [0.1, 0.15) is 5.82 Å². The van der Waals surface area contributed by atoms with E-state index in [2.05, 4.69) is 28.5 Å². The molecule has 0 amide bonds. The van der Waals surface area contributed by atoms with E-state index in [1.807, 2.05) is 18.2 Å². The maximum absolute atomic E-state index is 6.01. The van der Waals surface area contributed by atoms with Gasteiger partial charge in [-0.2, -0.15) is 0 Å². The molecule has 18 heavy (non-hydrogen) atoms. The summed E-state index contributed by atoms with van der Waals surface area (Å²) in [6.45, 7) is 0. The van der Waals surface area contributed by atoms with Gasteiger partial charge in [-0.15, -0.1) is 0 Å². The molecule has 0 bridgehead atoms. The number of benzene rings is 1. The van der Waals surface area contributed by atoms with E-state index in [0.717, 1.165) is 24.2 Å². The highest BCUT2D eigenvalue weighted by Gasteiger charge is 2.19. The molecular weight excluding hydrogens is 222 g/mol. The molecule has 0 aliphatic heterocycles. The number of rotatable bonds is 2. The lowest BCUT2D eigenvalue weighted by Crippen LogP contribution is -2.35. The van der Waals surface area contributed by atoms with E-state index >= 15 is 0 Å². The zero-order valence-corrected chi connectivity index (χ0v) is 10.5. The van der Waals surface area contributed by atoms with Crippen LogP contribution in [-0.4, -0.2) is 17.1 Å². The normalized spacial score (nSPS) is 24.1. The Balaban J connectivity index is 1.78. The zero-order chi connectivity index (χ0) is 12.4. The van der Waals surface area contributed by atoms with Crippen LogP contribution >= 0.6 is 0 Å². The molecule has 3 rings (SSSR count). The third-order valence-electron chi connectivity index (χ3n) is 3.67. The van der Waals surface area contributed by atoms with Crippen molar-refractivity contribution in [2.45, 2.75) is 37.8 Å². The monoisotopic (exact) mass is 241 g/mol. The van der Waals surface area contributed by atoms with Crippen molar-refractivity contribution in [3.05, 3.63) is 36.4 Å². The number of fused-ring (bicyclic) bond motifs is 1. The summed E-state index contributed by atoms with van der Waals surface area (Å²) in [6, 6.07) is 13.2. The molecular formula is C15H19N3. The van der Waals surface area contributed by atoms with Crippen molar-refractivity contribution in [3.63, 3.8) is 0 Å². The van der Waals surface area contributed by atoms with Crippen LogP contribution in [0.15, 0.2) is 36.4 Å². The van der Waals surface area contributed by atoms with Gasteiger partial charge in [0.2, 0.25) is 0 Å². The maximum atomic E-state index is 6.01. The summed E-state index contributed by atoms with van der Waals surface area (Å²) >= 11 is 0. The van der Waals surface area contributed by atoms with Crippen molar-refractivity contribution in [2.24, 2.45) is 5.73 Å². The number of pyridine rings is 1. The van der Waals surface area contributed by atoms with Gasteiger partial charge in [0, 0.05) is 17.5 Å². The SMILES string of the molecule is NC1CCCC(Nc2ccc3ccccc3n2)C1. The molecule has 1 heterocycles. The van der Waals surface area contributed by atoms with E-state index < -0.39 is 0 Å². The fourth-order valence-corrected chi connectivity index (χ4v) is 2.71. The van der Waals surface area contributed by atoms with Gasteiger partial charge in [-0.3, -0.25) is 0 Å². The maximum Gasteiger partial charge on any atom is 0.126 e. The van der Waals surface area contributed by atoms with Crippen LogP contribution in [0.5, 0.6) is 0 Å². The molecule has 1 fully saturated rings. The van der Waals surface area contributed by atoms with Crippen molar-refractivity contribution in [1.29, 1.82) is 0 Å². The molecule has 1 aromatic heterocycles. The highest BCUT2D eigenvalue weighted by molar-refractivity contribution is 5.80. The summed E-state index contributed by atoms with van der Waals surface area (Å²) in [4.78, 5) is 4.64. The van der Waals surface area contributed by atoms with Crippen molar-refractivity contribution in [1.82, 2.24) is 4.98 Å². The van der Waals surface area contributed by atoms with Gasteiger partial charge in [0.25, 0.3) is 0 Å². The third-order valence-corrected chi connectivity index (χ3v) is 3.67. The quantitative estimate of drug-likeness (QED) is 0.850. The van der Waals surface area contributed by atoms with Crippen molar-refractivity contribution >= 4 is 16.7 Å². The van der Waals surface area contributed by atoms with Crippen LogP contribution in [0.25, 0.3) is 10.9 Å². The predicted molar refractivity (Wildman–Crippen MR) is 75.6 cm³/mol. The van der Waals surface area contributed by atoms with E-state index in [-0.39, 0.29) is 0 Å². The Bertz CT molecular complexity index is 538. The summed E-state index contributed by atoms with van der Waals surface area (Å²) in [5.74, 6) is 0.966. The van der Waals surface area contributed by atoms with Crippen LogP contribution in [0.4, 0.5) is 5.82 Å². The summed E-state index contributed by atoms with van der Waals surface area (Å²) in [7, 11) is 0. The number of hydrogen-bond donors (Lipinski definition) is 2. The summed E-state index contributed by atoms with van der Waals surface area (Å²) in [5, 5.41) is 4.70. The van der Waals surface area contributed by atoms with E-state index in [1.165, 1.54) is 18.2 Å². The van der Waals surface area contributed by atoms with Crippen molar-refractivity contribution in [2.75, 3.05) is 5.32 Å². The van der Waals surface area contributed by atoms with Gasteiger partial charge in [-0.05, 0) is 43.9 Å². The molecule has 2 unspecified atom stereocenters. The molecule has 2 atom stereocenters. The molecule has 1 saturated carbocycles. The first-order valence-electron chi connectivity index (χ1n) is 6.69. The lowest BCUT2D eigenvalue weighted by molar-refractivity contribution is 0.409. The van der Waals surface area contributed by atoms with Crippen LogP contribution in [0.3, 0.4) is 0 Å². The minimum absolute atomic E-state index is 0.344. The summed E-state index contributed by atoms with van der Waals surface area (Å²) in [6.07, 6.45) is 4.62. The van der Waals surface area contributed by atoms with Gasteiger partial charge in [0.15, 0.2) is 0 Å². The van der Waals surface area contributed by atoms with Gasteiger partial charge >= 0.3 is 0 Å². The first-order chi connectivity index (χ1) is 8.81. The van der Waals surface area contributed by atoms with Gasteiger partial charge in [-0.1, -0.05) is 18.2 Å². The Labute approximate surface area is 107 Å². The molecule has 1 aliphatic rings.